The number of amides is 2. The van der Waals surface area contributed by atoms with Crippen LogP contribution < -0.4 is 5.32 Å². The molecule has 1 aromatic carbocycles. The van der Waals surface area contributed by atoms with Gasteiger partial charge in [-0.15, -0.1) is 0 Å². The lowest BCUT2D eigenvalue weighted by molar-refractivity contribution is -0.120. The number of phenolic OH excluding ortho intramolecular Hbond substituents is 1. The van der Waals surface area contributed by atoms with Crippen LogP contribution in [0.1, 0.15) is 25.7 Å². The molecule has 0 radical (unpaired) electrons. The summed E-state index contributed by atoms with van der Waals surface area (Å²) in [6.07, 6.45) is 3.76. The summed E-state index contributed by atoms with van der Waals surface area (Å²) in [6, 6.07) is 6.34. The van der Waals surface area contributed by atoms with Gasteiger partial charge in [-0.3, -0.25) is 9.59 Å². The maximum Gasteiger partial charge on any atom is 0.256 e. The van der Waals surface area contributed by atoms with Gasteiger partial charge in [0.15, 0.2) is 5.17 Å². The molecular formula is C16H17N3O3S. The number of hydrogen-bond donors (Lipinski definition) is 2. The lowest BCUT2D eigenvalue weighted by atomic mass is 9.86. The van der Waals surface area contributed by atoms with Crippen LogP contribution in [0.3, 0.4) is 0 Å². The summed E-state index contributed by atoms with van der Waals surface area (Å²) in [4.78, 5) is 32.4. The molecule has 6 nitrogen and oxygen atoms in total. The molecule has 1 heterocycles. The largest absolute Gasteiger partial charge is 0.508 e. The van der Waals surface area contributed by atoms with E-state index < -0.39 is 0 Å². The number of fused-ring (bicyclic) bond motifs is 1. The maximum atomic E-state index is 12.0. The average molecular weight is 331 g/mol. The zero-order valence-electron chi connectivity index (χ0n) is 12.5. The van der Waals surface area contributed by atoms with Crippen LogP contribution in [0.5, 0.6) is 5.75 Å². The van der Waals surface area contributed by atoms with Gasteiger partial charge in [-0.2, -0.15) is 4.99 Å². The van der Waals surface area contributed by atoms with Gasteiger partial charge < -0.3 is 10.4 Å². The molecule has 0 spiro atoms. The van der Waals surface area contributed by atoms with E-state index in [2.05, 4.69) is 15.3 Å². The number of thioether (sulfide) groups is 1. The fourth-order valence-corrected chi connectivity index (χ4v) is 3.36. The van der Waals surface area contributed by atoms with E-state index in [1.165, 1.54) is 12.1 Å². The lowest BCUT2D eigenvalue weighted by Gasteiger charge is -2.24. The minimum absolute atomic E-state index is 0.0902. The molecule has 2 aliphatic rings. The van der Waals surface area contributed by atoms with Crippen molar-refractivity contribution in [1.29, 1.82) is 0 Å². The summed E-state index contributed by atoms with van der Waals surface area (Å²) in [6.45, 7) is 0. The Hall–Kier alpha value is -2.15. The molecule has 1 saturated carbocycles. The van der Waals surface area contributed by atoms with Gasteiger partial charge in [0.25, 0.3) is 5.91 Å². The standard InChI is InChI=1S/C16H17N3O3S/c20-11-5-3-4-10(8-11)17-14(21)9-23-16-18-13-7-2-1-6-12(13)15(22)19-16/h3-5,8,12,20H,1-2,6-7,9H2,(H,17,21). The van der Waals surface area contributed by atoms with E-state index in [9.17, 15) is 14.7 Å². The van der Waals surface area contributed by atoms with Crippen LogP contribution in [-0.2, 0) is 9.59 Å². The molecule has 1 atom stereocenters. The van der Waals surface area contributed by atoms with Crippen LogP contribution >= 0.6 is 11.8 Å². The zero-order chi connectivity index (χ0) is 16.2. The highest BCUT2D eigenvalue weighted by Crippen LogP contribution is 2.27. The number of carbonyl (C=O) groups is 2. The van der Waals surface area contributed by atoms with Crippen molar-refractivity contribution < 1.29 is 14.7 Å². The number of hydrogen-bond acceptors (Lipinski definition) is 5. The van der Waals surface area contributed by atoms with Crippen LogP contribution in [0.15, 0.2) is 34.3 Å². The van der Waals surface area contributed by atoms with E-state index in [0.717, 1.165) is 43.2 Å². The number of anilines is 1. The van der Waals surface area contributed by atoms with Crippen molar-refractivity contribution in [2.75, 3.05) is 11.1 Å². The number of aromatic hydroxyl groups is 1. The molecule has 1 fully saturated rings. The van der Waals surface area contributed by atoms with E-state index in [-0.39, 0.29) is 29.2 Å². The molecule has 120 valence electrons. The van der Waals surface area contributed by atoms with E-state index in [1.54, 1.807) is 12.1 Å². The molecule has 0 aromatic heterocycles. The zero-order valence-corrected chi connectivity index (χ0v) is 13.3. The van der Waals surface area contributed by atoms with Gasteiger partial charge >= 0.3 is 0 Å². The van der Waals surface area contributed by atoms with Crippen molar-refractivity contribution in [3.8, 4) is 5.75 Å². The highest BCUT2D eigenvalue weighted by Gasteiger charge is 2.30. The summed E-state index contributed by atoms with van der Waals surface area (Å²) in [5, 5.41) is 12.4. The Bertz CT molecular complexity index is 700. The summed E-state index contributed by atoms with van der Waals surface area (Å²) in [5.74, 6) is -0.308. The number of rotatable bonds is 3. The number of aliphatic imine (C=N–C) groups is 2. The Morgan fingerprint density at radius 1 is 1.35 bits per heavy atom. The van der Waals surface area contributed by atoms with Crippen molar-refractivity contribution in [3.63, 3.8) is 0 Å². The molecule has 2 amide bonds. The first-order chi connectivity index (χ1) is 11.1. The number of benzene rings is 1. The van der Waals surface area contributed by atoms with Crippen molar-refractivity contribution in [2.24, 2.45) is 15.9 Å². The third kappa shape index (κ3) is 3.98. The molecule has 1 aliphatic carbocycles. The fourth-order valence-electron chi connectivity index (χ4n) is 2.69. The molecule has 3 rings (SSSR count). The third-order valence-corrected chi connectivity index (χ3v) is 4.63. The predicted molar refractivity (Wildman–Crippen MR) is 91.0 cm³/mol. The van der Waals surface area contributed by atoms with Gasteiger partial charge in [0, 0.05) is 17.5 Å². The van der Waals surface area contributed by atoms with Crippen molar-refractivity contribution >= 4 is 40.1 Å². The first kappa shape index (κ1) is 15.7. The van der Waals surface area contributed by atoms with Gasteiger partial charge in [-0.1, -0.05) is 24.2 Å². The first-order valence-electron chi connectivity index (χ1n) is 7.53. The van der Waals surface area contributed by atoms with Gasteiger partial charge in [0.05, 0.1) is 11.7 Å². The Kier molecular flexibility index (Phi) is 4.76. The van der Waals surface area contributed by atoms with E-state index in [4.69, 9.17) is 0 Å². The smallest absolute Gasteiger partial charge is 0.256 e. The van der Waals surface area contributed by atoms with Crippen molar-refractivity contribution in [1.82, 2.24) is 0 Å². The third-order valence-electron chi connectivity index (χ3n) is 3.78. The van der Waals surface area contributed by atoms with Crippen molar-refractivity contribution in [3.05, 3.63) is 24.3 Å². The fraction of sp³-hybridized carbons (Fsp3) is 0.375. The van der Waals surface area contributed by atoms with E-state index >= 15 is 0 Å². The normalized spacial score (nSPS) is 20.3. The number of carbonyl (C=O) groups excluding carboxylic acids is 2. The Morgan fingerprint density at radius 3 is 3.04 bits per heavy atom. The van der Waals surface area contributed by atoms with E-state index in [0.29, 0.717) is 10.9 Å². The monoisotopic (exact) mass is 331 g/mol. The molecule has 23 heavy (non-hydrogen) atoms. The average Bonchev–Trinajstić information content (AvgIpc) is 2.53. The maximum absolute atomic E-state index is 12.0. The van der Waals surface area contributed by atoms with Gasteiger partial charge in [-0.25, -0.2) is 4.99 Å². The Labute approximate surface area is 138 Å². The molecule has 0 saturated heterocycles. The highest BCUT2D eigenvalue weighted by atomic mass is 32.2. The van der Waals surface area contributed by atoms with Crippen molar-refractivity contribution in [2.45, 2.75) is 25.7 Å². The van der Waals surface area contributed by atoms with Gasteiger partial charge in [0.1, 0.15) is 5.75 Å². The summed E-state index contributed by atoms with van der Waals surface area (Å²) in [7, 11) is 0. The second-order valence-corrected chi connectivity index (χ2v) is 6.46. The highest BCUT2D eigenvalue weighted by molar-refractivity contribution is 8.14. The van der Waals surface area contributed by atoms with Gasteiger partial charge in [0.2, 0.25) is 5.91 Å². The van der Waals surface area contributed by atoms with Crippen LogP contribution in [0.2, 0.25) is 0 Å². The van der Waals surface area contributed by atoms with E-state index in [1.807, 2.05) is 0 Å². The van der Waals surface area contributed by atoms with Gasteiger partial charge in [-0.05, 0) is 31.4 Å². The number of nitrogens with one attached hydrogen (secondary N) is 1. The molecule has 1 aromatic rings. The van der Waals surface area contributed by atoms with Crippen LogP contribution in [0, 0.1) is 5.92 Å². The minimum Gasteiger partial charge on any atom is -0.508 e. The van der Waals surface area contributed by atoms with Crippen LogP contribution in [0.4, 0.5) is 5.69 Å². The van der Waals surface area contributed by atoms with Crippen LogP contribution in [0.25, 0.3) is 0 Å². The summed E-state index contributed by atoms with van der Waals surface area (Å²) < 4.78 is 0. The SMILES string of the molecule is O=C(CSC1=NC(=O)C2CCCCC2=N1)Nc1cccc(O)c1. The Morgan fingerprint density at radius 2 is 2.22 bits per heavy atom. The summed E-state index contributed by atoms with van der Waals surface area (Å²) >= 11 is 1.16. The molecular weight excluding hydrogens is 314 g/mol. The first-order valence-corrected chi connectivity index (χ1v) is 8.52. The topological polar surface area (TPSA) is 91.1 Å². The molecule has 1 aliphatic heterocycles. The predicted octanol–water partition coefficient (Wildman–Crippen LogP) is 2.59. The number of nitrogens with zero attached hydrogens (tertiary/aromatic N) is 2. The quantitative estimate of drug-likeness (QED) is 0.890. The minimum atomic E-state index is -0.235. The molecule has 1 unspecified atom stereocenters. The summed E-state index contributed by atoms with van der Waals surface area (Å²) in [5.41, 5.74) is 1.43. The Balaban J connectivity index is 1.57. The van der Waals surface area contributed by atoms with Crippen LogP contribution in [-0.4, -0.2) is 33.6 Å². The molecule has 2 N–H and O–H groups in total. The number of amidine groups is 1. The second kappa shape index (κ2) is 6.95. The molecule has 0 bridgehead atoms. The second-order valence-electron chi connectivity index (χ2n) is 5.52. The number of phenols is 1. The molecule has 7 heteroatoms. The lowest BCUT2D eigenvalue weighted by Crippen LogP contribution is -2.30.